The molecule has 0 fully saturated rings. The second kappa shape index (κ2) is 5.40. The number of sulfonamides is 1. The summed E-state index contributed by atoms with van der Waals surface area (Å²) in [4.78, 5) is 2.78. The molecule has 2 aromatic rings. The number of H-pyrrole nitrogens is 1. The van der Waals surface area contributed by atoms with Crippen molar-refractivity contribution in [3.8, 4) is 11.5 Å². The highest BCUT2D eigenvalue weighted by molar-refractivity contribution is 7.89. The third-order valence-corrected chi connectivity index (χ3v) is 4.48. The number of aliphatic hydroxyl groups excluding tert-OH is 1. The lowest BCUT2D eigenvalue weighted by Crippen LogP contribution is -2.22. The Morgan fingerprint density at radius 2 is 2.05 bits per heavy atom. The maximum Gasteiger partial charge on any atom is 0.242 e. The van der Waals surface area contributed by atoms with Gasteiger partial charge in [-0.25, -0.2) is 13.1 Å². The maximum atomic E-state index is 12.1. The molecule has 21 heavy (non-hydrogen) atoms. The second-order valence-corrected chi connectivity index (χ2v) is 6.30. The van der Waals surface area contributed by atoms with Crippen LogP contribution in [0.25, 0.3) is 0 Å². The molecular formula is C13H14N2O5S. The number of aliphatic hydroxyl groups is 1. The van der Waals surface area contributed by atoms with Gasteiger partial charge in [-0.05, 0) is 23.8 Å². The molecule has 1 aromatic heterocycles. The molecule has 2 heterocycles. The summed E-state index contributed by atoms with van der Waals surface area (Å²) >= 11 is 0. The lowest BCUT2D eigenvalue weighted by atomic mass is 10.2. The van der Waals surface area contributed by atoms with E-state index in [2.05, 4.69) is 9.71 Å². The Kier molecular flexibility index (Phi) is 3.58. The Labute approximate surface area is 121 Å². The molecule has 0 unspecified atom stereocenters. The third kappa shape index (κ3) is 2.87. The van der Waals surface area contributed by atoms with Crippen LogP contribution in [-0.2, 0) is 23.2 Å². The number of fused-ring (bicyclic) bond motifs is 1. The fraction of sp³-hybridized carbons (Fsp3) is 0.231. The highest BCUT2D eigenvalue weighted by atomic mass is 32.2. The summed E-state index contributed by atoms with van der Waals surface area (Å²) in [5.74, 6) is 1.26. The zero-order valence-corrected chi connectivity index (χ0v) is 11.8. The molecule has 0 spiro atoms. The molecule has 7 nitrogen and oxygen atoms in total. The van der Waals surface area contributed by atoms with E-state index in [1.54, 1.807) is 18.2 Å². The molecule has 3 rings (SSSR count). The predicted molar refractivity (Wildman–Crippen MR) is 73.3 cm³/mol. The molecule has 0 saturated carbocycles. The van der Waals surface area contributed by atoms with Crippen molar-refractivity contribution in [3.05, 3.63) is 41.7 Å². The molecule has 112 valence electrons. The van der Waals surface area contributed by atoms with Crippen molar-refractivity contribution in [2.75, 3.05) is 6.79 Å². The van der Waals surface area contributed by atoms with Gasteiger partial charge < -0.3 is 19.6 Å². The topological polar surface area (TPSA) is 101 Å². The van der Waals surface area contributed by atoms with Gasteiger partial charge in [0.1, 0.15) is 0 Å². The fourth-order valence-electron chi connectivity index (χ4n) is 1.98. The van der Waals surface area contributed by atoms with Gasteiger partial charge in [0.25, 0.3) is 0 Å². The van der Waals surface area contributed by atoms with Crippen LogP contribution in [0.3, 0.4) is 0 Å². The van der Waals surface area contributed by atoms with E-state index >= 15 is 0 Å². The molecular weight excluding hydrogens is 296 g/mol. The minimum absolute atomic E-state index is 0.0901. The number of aromatic amines is 1. The summed E-state index contributed by atoms with van der Waals surface area (Å²) in [6.45, 7) is 0.0775. The van der Waals surface area contributed by atoms with Gasteiger partial charge in [0, 0.05) is 18.4 Å². The summed E-state index contributed by atoms with van der Waals surface area (Å²) in [6.07, 6.45) is 1.34. The standard InChI is InChI=1S/C13H14N2O5S/c16-7-10-4-11(6-14-10)21(17,18)15-5-9-1-2-12-13(3-9)20-8-19-12/h1-4,6,14-16H,5,7-8H2. The first-order chi connectivity index (χ1) is 10.1. The average Bonchev–Trinajstić information content (AvgIpc) is 3.13. The molecule has 8 heteroatoms. The molecule has 0 aliphatic carbocycles. The van der Waals surface area contributed by atoms with Crippen molar-refractivity contribution in [1.29, 1.82) is 0 Å². The van der Waals surface area contributed by atoms with Crippen molar-refractivity contribution in [3.63, 3.8) is 0 Å². The largest absolute Gasteiger partial charge is 0.454 e. The van der Waals surface area contributed by atoms with Gasteiger partial charge in [0.05, 0.1) is 11.5 Å². The van der Waals surface area contributed by atoms with Gasteiger partial charge in [0.15, 0.2) is 11.5 Å². The lowest BCUT2D eigenvalue weighted by molar-refractivity contribution is 0.174. The van der Waals surface area contributed by atoms with Crippen molar-refractivity contribution >= 4 is 10.0 Å². The Hall–Kier alpha value is -2.03. The molecule has 1 aliphatic heterocycles. The van der Waals surface area contributed by atoms with Crippen LogP contribution in [0.1, 0.15) is 11.3 Å². The first kappa shape index (κ1) is 13.9. The van der Waals surface area contributed by atoms with Gasteiger partial charge in [-0.15, -0.1) is 0 Å². The Morgan fingerprint density at radius 3 is 2.81 bits per heavy atom. The van der Waals surface area contributed by atoms with Crippen molar-refractivity contribution in [1.82, 2.24) is 9.71 Å². The molecule has 0 atom stereocenters. The second-order valence-electron chi connectivity index (χ2n) is 4.53. The molecule has 1 aromatic carbocycles. The number of ether oxygens (including phenoxy) is 2. The lowest BCUT2D eigenvalue weighted by Gasteiger charge is -2.06. The number of rotatable bonds is 5. The first-order valence-corrected chi connectivity index (χ1v) is 7.73. The highest BCUT2D eigenvalue weighted by Crippen LogP contribution is 2.32. The van der Waals surface area contributed by atoms with E-state index in [4.69, 9.17) is 14.6 Å². The number of aromatic nitrogens is 1. The molecule has 1 aliphatic rings. The monoisotopic (exact) mass is 310 g/mol. The summed E-state index contributed by atoms with van der Waals surface area (Å²) in [5.41, 5.74) is 1.21. The zero-order valence-electron chi connectivity index (χ0n) is 11.0. The molecule has 3 N–H and O–H groups in total. The van der Waals surface area contributed by atoms with E-state index in [-0.39, 0.29) is 24.8 Å². The van der Waals surface area contributed by atoms with E-state index < -0.39 is 10.0 Å². The van der Waals surface area contributed by atoms with E-state index in [1.807, 2.05) is 0 Å². The van der Waals surface area contributed by atoms with Crippen LogP contribution in [0.15, 0.2) is 35.4 Å². The van der Waals surface area contributed by atoms with Gasteiger partial charge in [-0.2, -0.15) is 0 Å². The minimum atomic E-state index is -3.63. The van der Waals surface area contributed by atoms with Crippen LogP contribution in [0.5, 0.6) is 11.5 Å². The van der Waals surface area contributed by atoms with Crippen molar-refractivity contribution in [2.24, 2.45) is 0 Å². The van der Waals surface area contributed by atoms with Crippen molar-refractivity contribution in [2.45, 2.75) is 18.0 Å². The highest BCUT2D eigenvalue weighted by Gasteiger charge is 2.17. The number of benzene rings is 1. The van der Waals surface area contributed by atoms with E-state index in [0.29, 0.717) is 17.2 Å². The summed E-state index contributed by atoms with van der Waals surface area (Å²) < 4.78 is 37.1. The summed E-state index contributed by atoms with van der Waals surface area (Å²) in [6, 6.07) is 6.64. The van der Waals surface area contributed by atoms with Gasteiger partial charge in [0.2, 0.25) is 16.8 Å². The quantitative estimate of drug-likeness (QED) is 0.755. The molecule has 0 saturated heterocycles. The first-order valence-electron chi connectivity index (χ1n) is 6.25. The normalized spacial score (nSPS) is 13.6. The molecule has 0 radical (unpaired) electrons. The molecule has 0 bridgehead atoms. The van der Waals surface area contributed by atoms with Gasteiger partial charge in [-0.3, -0.25) is 0 Å². The van der Waals surface area contributed by atoms with Gasteiger partial charge in [-0.1, -0.05) is 6.07 Å². The van der Waals surface area contributed by atoms with Crippen LogP contribution < -0.4 is 14.2 Å². The van der Waals surface area contributed by atoms with Crippen LogP contribution >= 0.6 is 0 Å². The molecule has 0 amide bonds. The summed E-state index contributed by atoms with van der Waals surface area (Å²) in [5, 5.41) is 8.94. The van der Waals surface area contributed by atoms with Gasteiger partial charge >= 0.3 is 0 Å². The average molecular weight is 310 g/mol. The van der Waals surface area contributed by atoms with Crippen molar-refractivity contribution < 1.29 is 23.0 Å². The number of nitrogens with one attached hydrogen (secondary N) is 2. The van der Waals surface area contributed by atoms with Crippen LogP contribution in [0, 0.1) is 0 Å². The Balaban J connectivity index is 1.71. The zero-order chi connectivity index (χ0) is 14.9. The van der Waals surface area contributed by atoms with E-state index in [0.717, 1.165) is 5.56 Å². The maximum absolute atomic E-state index is 12.1. The fourth-order valence-corrected chi connectivity index (χ4v) is 3.01. The van der Waals surface area contributed by atoms with Crippen LogP contribution in [0.2, 0.25) is 0 Å². The number of hydrogen-bond acceptors (Lipinski definition) is 5. The Morgan fingerprint density at radius 1 is 1.24 bits per heavy atom. The third-order valence-electron chi connectivity index (χ3n) is 3.10. The summed E-state index contributed by atoms with van der Waals surface area (Å²) in [7, 11) is -3.63. The van der Waals surface area contributed by atoms with Crippen LogP contribution in [0.4, 0.5) is 0 Å². The number of hydrogen-bond donors (Lipinski definition) is 3. The smallest absolute Gasteiger partial charge is 0.242 e. The SMILES string of the molecule is O=S(=O)(NCc1ccc2c(c1)OCO2)c1c[nH]c(CO)c1. The minimum Gasteiger partial charge on any atom is -0.454 e. The predicted octanol–water partition coefficient (Wildman–Crippen LogP) is 0.714. The van der Waals surface area contributed by atoms with E-state index in [1.165, 1.54) is 12.3 Å². The van der Waals surface area contributed by atoms with Crippen LogP contribution in [-0.4, -0.2) is 25.3 Å². The Bertz CT molecular complexity index is 754. The van der Waals surface area contributed by atoms with E-state index in [9.17, 15) is 8.42 Å².